The van der Waals surface area contributed by atoms with Crippen molar-refractivity contribution in [3.63, 3.8) is 0 Å². The highest BCUT2D eigenvalue weighted by Gasteiger charge is 2.25. The fourth-order valence-corrected chi connectivity index (χ4v) is 1.69. The molecule has 0 aromatic heterocycles. The quantitative estimate of drug-likeness (QED) is 0.785. The van der Waals surface area contributed by atoms with Crippen LogP contribution in [0.25, 0.3) is 0 Å². The molecule has 88 valence electrons. The molecule has 0 aromatic rings. The van der Waals surface area contributed by atoms with Crippen LogP contribution in [-0.2, 0) is 14.3 Å². The normalized spacial score (nSPS) is 23.3. The van der Waals surface area contributed by atoms with Crippen molar-refractivity contribution in [3.8, 4) is 0 Å². The van der Waals surface area contributed by atoms with E-state index in [0.29, 0.717) is 13.3 Å². The first-order valence-electron chi connectivity index (χ1n) is 5.59. The van der Waals surface area contributed by atoms with Gasteiger partial charge < -0.3 is 14.8 Å². The summed E-state index contributed by atoms with van der Waals surface area (Å²) in [7, 11) is 0. The van der Waals surface area contributed by atoms with E-state index in [0.717, 1.165) is 17.8 Å². The van der Waals surface area contributed by atoms with Crippen LogP contribution in [0.5, 0.6) is 0 Å². The minimum Gasteiger partial charge on any atom is -0.469 e. The van der Waals surface area contributed by atoms with Crippen molar-refractivity contribution >= 4 is 5.91 Å². The van der Waals surface area contributed by atoms with Crippen LogP contribution in [0.1, 0.15) is 20.3 Å². The molecule has 1 amide bonds. The van der Waals surface area contributed by atoms with E-state index in [2.05, 4.69) is 11.4 Å². The van der Waals surface area contributed by atoms with Gasteiger partial charge in [-0.3, -0.25) is 4.79 Å². The number of amides is 1. The van der Waals surface area contributed by atoms with Crippen LogP contribution < -0.4 is 5.32 Å². The largest absolute Gasteiger partial charge is 0.469 e. The Kier molecular flexibility index (Phi) is 3.29. The summed E-state index contributed by atoms with van der Waals surface area (Å²) < 4.78 is 10.7. The molecule has 1 aliphatic heterocycles. The maximum absolute atomic E-state index is 11.4. The van der Waals surface area contributed by atoms with E-state index in [1.165, 1.54) is 0 Å². The van der Waals surface area contributed by atoms with Crippen molar-refractivity contribution in [2.75, 3.05) is 13.3 Å². The van der Waals surface area contributed by atoms with E-state index in [9.17, 15) is 4.79 Å². The van der Waals surface area contributed by atoms with Gasteiger partial charge in [0.25, 0.3) is 0 Å². The Labute approximate surface area is 95.3 Å². The van der Waals surface area contributed by atoms with Crippen LogP contribution in [0.3, 0.4) is 0 Å². The highest BCUT2D eigenvalue weighted by atomic mass is 16.7. The second-order valence-electron chi connectivity index (χ2n) is 4.35. The van der Waals surface area contributed by atoms with Gasteiger partial charge in [0.15, 0.2) is 6.79 Å². The van der Waals surface area contributed by atoms with E-state index in [4.69, 9.17) is 9.47 Å². The Bertz CT molecular complexity index is 344. The van der Waals surface area contributed by atoms with Gasteiger partial charge >= 0.3 is 0 Å². The van der Waals surface area contributed by atoms with Crippen LogP contribution >= 0.6 is 0 Å². The third-order valence-corrected chi connectivity index (χ3v) is 2.73. The molecule has 0 radical (unpaired) electrons. The number of rotatable bonds is 3. The Morgan fingerprint density at radius 1 is 1.62 bits per heavy atom. The Morgan fingerprint density at radius 3 is 3.19 bits per heavy atom. The summed E-state index contributed by atoms with van der Waals surface area (Å²) in [5, 5.41) is 2.88. The first-order chi connectivity index (χ1) is 7.66. The van der Waals surface area contributed by atoms with E-state index in [-0.39, 0.29) is 17.9 Å². The maximum Gasteiger partial charge on any atom is 0.222 e. The number of fused-ring (bicyclic) bond motifs is 1. The molecular weight excluding hydrogens is 206 g/mol. The number of ether oxygens (including phenoxy) is 2. The zero-order valence-corrected chi connectivity index (χ0v) is 9.66. The summed E-state index contributed by atoms with van der Waals surface area (Å²) in [6.07, 6.45) is 4.97. The number of nitrogens with one attached hydrogen (secondary N) is 1. The summed E-state index contributed by atoms with van der Waals surface area (Å²) >= 11 is 0. The maximum atomic E-state index is 11.4. The van der Waals surface area contributed by atoms with Crippen molar-refractivity contribution in [2.45, 2.75) is 26.4 Å². The van der Waals surface area contributed by atoms with E-state index in [1.807, 2.05) is 19.9 Å². The average molecular weight is 223 g/mol. The molecule has 1 heterocycles. The molecule has 4 heteroatoms. The average Bonchev–Trinajstić information content (AvgIpc) is 2.72. The predicted molar refractivity (Wildman–Crippen MR) is 59.5 cm³/mol. The lowest BCUT2D eigenvalue weighted by Gasteiger charge is -2.15. The third kappa shape index (κ3) is 2.44. The first-order valence-corrected chi connectivity index (χ1v) is 5.59. The van der Waals surface area contributed by atoms with Crippen LogP contribution in [0, 0.1) is 5.92 Å². The zero-order chi connectivity index (χ0) is 11.5. The lowest BCUT2D eigenvalue weighted by Crippen LogP contribution is -2.29. The van der Waals surface area contributed by atoms with Crippen LogP contribution in [0.2, 0.25) is 0 Å². The Morgan fingerprint density at radius 2 is 2.44 bits per heavy atom. The highest BCUT2D eigenvalue weighted by molar-refractivity contribution is 5.78. The van der Waals surface area contributed by atoms with Crippen molar-refractivity contribution in [1.82, 2.24) is 5.32 Å². The predicted octanol–water partition coefficient (Wildman–Crippen LogP) is 1.35. The molecule has 4 nitrogen and oxygen atoms in total. The van der Waals surface area contributed by atoms with E-state index >= 15 is 0 Å². The van der Waals surface area contributed by atoms with Crippen LogP contribution in [0.15, 0.2) is 23.5 Å². The summed E-state index contributed by atoms with van der Waals surface area (Å²) in [5.74, 6) is 0.983. The molecule has 2 rings (SSSR count). The lowest BCUT2D eigenvalue weighted by molar-refractivity contribution is -0.123. The molecule has 1 atom stereocenters. The van der Waals surface area contributed by atoms with Gasteiger partial charge in [0.1, 0.15) is 11.9 Å². The monoisotopic (exact) mass is 223 g/mol. The van der Waals surface area contributed by atoms with Gasteiger partial charge in [-0.1, -0.05) is 19.9 Å². The Hall–Kier alpha value is -1.29. The van der Waals surface area contributed by atoms with E-state index in [1.54, 1.807) is 0 Å². The summed E-state index contributed by atoms with van der Waals surface area (Å²) in [6, 6.07) is 0. The van der Waals surface area contributed by atoms with Crippen molar-refractivity contribution in [2.24, 2.45) is 5.92 Å². The molecule has 0 bridgehead atoms. The molecular formula is C12H17NO3. The molecule has 0 aromatic carbocycles. The molecule has 0 saturated carbocycles. The van der Waals surface area contributed by atoms with E-state index < -0.39 is 0 Å². The smallest absolute Gasteiger partial charge is 0.222 e. The fourth-order valence-electron chi connectivity index (χ4n) is 1.69. The minimum atomic E-state index is 0.0238. The number of hydrogen-bond donors (Lipinski definition) is 1. The molecule has 1 unspecified atom stereocenters. The number of carbonyl (C=O) groups is 1. The lowest BCUT2D eigenvalue weighted by atomic mass is 10.0. The van der Waals surface area contributed by atoms with Gasteiger partial charge in [0.05, 0.1) is 0 Å². The molecule has 2 aliphatic rings. The molecule has 1 N–H and O–H groups in total. The summed E-state index contributed by atoms with van der Waals surface area (Å²) in [5.41, 5.74) is 1.09. The second-order valence-corrected chi connectivity index (χ2v) is 4.35. The summed E-state index contributed by atoms with van der Waals surface area (Å²) in [6.45, 7) is 4.67. The molecule has 0 spiro atoms. The molecule has 1 fully saturated rings. The zero-order valence-electron chi connectivity index (χ0n) is 9.66. The van der Waals surface area contributed by atoms with Gasteiger partial charge in [-0.2, -0.15) is 0 Å². The topological polar surface area (TPSA) is 47.6 Å². The highest BCUT2D eigenvalue weighted by Crippen LogP contribution is 2.26. The van der Waals surface area contributed by atoms with Crippen LogP contribution in [-0.4, -0.2) is 25.3 Å². The third-order valence-electron chi connectivity index (χ3n) is 2.73. The number of hydrogen-bond acceptors (Lipinski definition) is 3. The van der Waals surface area contributed by atoms with Crippen molar-refractivity contribution in [1.29, 1.82) is 0 Å². The first kappa shape index (κ1) is 11.2. The van der Waals surface area contributed by atoms with Crippen LogP contribution in [0.4, 0.5) is 0 Å². The molecule has 1 aliphatic carbocycles. The molecule has 16 heavy (non-hydrogen) atoms. The van der Waals surface area contributed by atoms with Crippen molar-refractivity contribution in [3.05, 3.63) is 23.5 Å². The van der Waals surface area contributed by atoms with Gasteiger partial charge in [-0.05, 0) is 18.1 Å². The van der Waals surface area contributed by atoms with Gasteiger partial charge in [0.2, 0.25) is 5.91 Å². The minimum absolute atomic E-state index is 0.0238. The Balaban J connectivity index is 1.87. The van der Waals surface area contributed by atoms with Crippen molar-refractivity contribution < 1.29 is 14.3 Å². The van der Waals surface area contributed by atoms with Gasteiger partial charge in [-0.25, -0.2) is 0 Å². The fraction of sp³-hybridized carbons (Fsp3) is 0.583. The SMILES string of the molecule is CC(C)C(=O)NCC1=CCC2OCOC2=C1. The summed E-state index contributed by atoms with van der Waals surface area (Å²) in [4.78, 5) is 11.4. The second kappa shape index (κ2) is 4.70. The number of carbonyl (C=O) groups excluding carboxylic acids is 1. The molecule has 1 saturated heterocycles. The van der Waals surface area contributed by atoms with Gasteiger partial charge in [-0.15, -0.1) is 0 Å². The van der Waals surface area contributed by atoms with Gasteiger partial charge in [0, 0.05) is 12.5 Å². The standard InChI is InChI=1S/C12H17NO3/c1-8(2)12(14)13-6-9-3-4-10-11(5-9)16-7-15-10/h3,5,8,10H,4,6-7H2,1-2H3,(H,13,14).